The molecule has 0 unspecified atom stereocenters. The Kier molecular flexibility index (Phi) is 5.90. The van der Waals surface area contributed by atoms with Crippen LogP contribution in [0.3, 0.4) is 0 Å². The highest BCUT2D eigenvalue weighted by atomic mass is 32.1. The molecule has 0 aliphatic rings. The molecule has 0 atom stereocenters. The maximum absolute atomic E-state index is 5.55. The zero-order valence-corrected chi connectivity index (χ0v) is 12.6. The Bertz CT molecular complexity index is 149. The molecule has 0 aromatic carbocycles. The van der Waals surface area contributed by atoms with Gasteiger partial charge in [0.25, 0.3) is 0 Å². The zero-order chi connectivity index (χ0) is 10.5. The average Bonchev–Trinajstić information content (AvgIpc) is 2.02. The maximum Gasteiger partial charge on any atom is 0.185 e. The number of hydrogen-bond donors (Lipinski definition) is 1. The third-order valence-corrected chi connectivity index (χ3v) is 9.66. The molecule has 0 spiro atoms. The van der Waals surface area contributed by atoms with E-state index in [2.05, 4.69) is 38.8 Å². The van der Waals surface area contributed by atoms with Gasteiger partial charge >= 0.3 is 0 Å². The van der Waals surface area contributed by atoms with Crippen LogP contribution >= 0.6 is 12.6 Å². The van der Waals surface area contributed by atoms with Gasteiger partial charge in [-0.15, -0.1) is 0 Å². The lowest BCUT2D eigenvalue weighted by atomic mass is 10.9. The summed E-state index contributed by atoms with van der Waals surface area (Å²) in [6.07, 6.45) is 0. The summed E-state index contributed by atoms with van der Waals surface area (Å²) in [5.41, 5.74) is 0. The highest BCUT2D eigenvalue weighted by Crippen LogP contribution is 2.23. The Hall–Kier alpha value is 0.744. The van der Waals surface area contributed by atoms with Gasteiger partial charge in [0.15, 0.2) is 8.32 Å². The van der Waals surface area contributed by atoms with Crippen LogP contribution in [-0.2, 0) is 4.43 Å². The molecule has 13 heavy (non-hydrogen) atoms. The lowest BCUT2D eigenvalue weighted by Gasteiger charge is -2.27. The fourth-order valence-electron chi connectivity index (χ4n) is 1.17. The summed E-state index contributed by atoms with van der Waals surface area (Å²) in [6.45, 7) is 9.53. The summed E-state index contributed by atoms with van der Waals surface area (Å²) in [4.78, 5) is 0. The first-order valence-corrected chi connectivity index (χ1v) is 12.2. The molecule has 1 nitrogen and oxygen atoms in total. The van der Waals surface area contributed by atoms with Gasteiger partial charge < -0.3 is 4.43 Å². The van der Waals surface area contributed by atoms with Crippen molar-refractivity contribution in [1.29, 1.82) is 0 Å². The van der Waals surface area contributed by atoms with Gasteiger partial charge in [0.2, 0.25) is 0 Å². The molecule has 0 heterocycles. The minimum atomic E-state index is -1.31. The fraction of sp³-hybridized carbons (Fsp3) is 1.00. The minimum Gasteiger partial charge on any atom is -0.420 e. The van der Waals surface area contributed by atoms with E-state index in [4.69, 9.17) is 4.43 Å². The van der Waals surface area contributed by atoms with Crippen LogP contribution in [-0.4, -0.2) is 29.3 Å². The Morgan fingerprint density at radius 2 is 1.54 bits per heavy atom. The summed E-state index contributed by atoms with van der Waals surface area (Å²) in [5, 5.41) is 0. The molecule has 0 N–H and O–H groups in total. The van der Waals surface area contributed by atoms with E-state index >= 15 is 0 Å². The lowest BCUT2D eigenvalue weighted by Crippen LogP contribution is -2.34. The van der Waals surface area contributed by atoms with Gasteiger partial charge in [0.05, 0.1) is 0 Å². The Balaban J connectivity index is 3.86. The number of rotatable bonds is 6. The van der Waals surface area contributed by atoms with Crippen LogP contribution in [0.5, 0.6) is 0 Å². The predicted octanol–water partition coefficient (Wildman–Crippen LogP) is 3.48. The van der Waals surface area contributed by atoms with Crippen molar-refractivity contribution in [3.63, 3.8) is 0 Å². The lowest BCUT2D eigenvalue weighted by molar-refractivity contribution is 0.405. The van der Waals surface area contributed by atoms with Gasteiger partial charge in [-0.3, -0.25) is 0 Å². The average molecular weight is 237 g/mol. The van der Waals surface area contributed by atoms with Crippen LogP contribution in [0.2, 0.25) is 44.3 Å². The third kappa shape index (κ3) is 6.77. The van der Waals surface area contributed by atoms with Crippen molar-refractivity contribution >= 4 is 29.0 Å². The molecule has 0 aromatic heterocycles. The molecule has 4 heteroatoms. The summed E-state index contributed by atoms with van der Waals surface area (Å²) in [7, 11) is -0.397. The molecule has 0 aliphatic heterocycles. The van der Waals surface area contributed by atoms with E-state index < -0.39 is 16.4 Å². The van der Waals surface area contributed by atoms with Crippen molar-refractivity contribution in [3.05, 3.63) is 0 Å². The second-order valence-electron chi connectivity index (χ2n) is 5.10. The molecule has 0 amide bonds. The second-order valence-corrected chi connectivity index (χ2v) is 15.3. The van der Waals surface area contributed by atoms with Crippen LogP contribution in [0.1, 0.15) is 0 Å². The van der Waals surface area contributed by atoms with Crippen molar-refractivity contribution in [1.82, 2.24) is 0 Å². The highest BCUT2D eigenvalue weighted by molar-refractivity contribution is 7.80. The van der Waals surface area contributed by atoms with Crippen LogP contribution in [0.4, 0.5) is 0 Å². The third-order valence-electron chi connectivity index (χ3n) is 2.75. The predicted molar refractivity (Wildman–Crippen MR) is 70.2 cm³/mol. The molecule has 0 radical (unpaired) electrons. The van der Waals surface area contributed by atoms with Gasteiger partial charge in [-0.05, 0) is 30.9 Å². The normalized spacial score (nSPS) is 13.4. The first-order chi connectivity index (χ1) is 5.83. The van der Waals surface area contributed by atoms with E-state index in [0.717, 1.165) is 5.75 Å². The first-order valence-electron chi connectivity index (χ1n) is 4.99. The van der Waals surface area contributed by atoms with Crippen LogP contribution in [0.25, 0.3) is 0 Å². The van der Waals surface area contributed by atoms with Crippen molar-refractivity contribution in [2.24, 2.45) is 0 Å². The van der Waals surface area contributed by atoms with E-state index in [1.54, 1.807) is 0 Å². The van der Waals surface area contributed by atoms with Crippen molar-refractivity contribution in [2.75, 3.05) is 12.9 Å². The summed E-state index contributed by atoms with van der Waals surface area (Å²) in [5.74, 6) is 1.05. The second kappa shape index (κ2) is 5.58. The molecule has 0 saturated heterocycles. The monoisotopic (exact) mass is 236 g/mol. The van der Waals surface area contributed by atoms with E-state index in [1.165, 1.54) is 18.1 Å². The maximum atomic E-state index is 5.55. The van der Waals surface area contributed by atoms with Gasteiger partial charge in [0.1, 0.15) is 0 Å². The molecular weight excluding hydrogens is 212 g/mol. The molecule has 0 aromatic rings. The first kappa shape index (κ1) is 13.7. The summed E-state index contributed by atoms with van der Waals surface area (Å²) in [6, 6.07) is 4.06. The van der Waals surface area contributed by atoms with Crippen LogP contribution in [0.15, 0.2) is 0 Å². The van der Waals surface area contributed by atoms with Gasteiger partial charge in [-0.1, -0.05) is 19.1 Å². The van der Waals surface area contributed by atoms with Gasteiger partial charge in [-0.2, -0.15) is 12.6 Å². The van der Waals surface area contributed by atoms with E-state index in [0.29, 0.717) is 0 Å². The molecule has 80 valence electrons. The fourth-order valence-corrected chi connectivity index (χ4v) is 9.16. The molecule has 0 fully saturated rings. The molecule has 0 saturated carbocycles. The van der Waals surface area contributed by atoms with Gasteiger partial charge in [-0.25, -0.2) is 0 Å². The largest absolute Gasteiger partial charge is 0.420 e. The van der Waals surface area contributed by atoms with Crippen LogP contribution < -0.4 is 0 Å². The van der Waals surface area contributed by atoms with Gasteiger partial charge in [0, 0.05) is 15.2 Å². The molecule has 0 bridgehead atoms. The van der Waals surface area contributed by atoms with E-state index in [1.807, 2.05) is 7.11 Å². The van der Waals surface area contributed by atoms with Crippen molar-refractivity contribution in [3.8, 4) is 0 Å². The summed E-state index contributed by atoms with van der Waals surface area (Å²) >= 11 is 4.32. The molecule has 0 aliphatic carbocycles. The van der Waals surface area contributed by atoms with Crippen molar-refractivity contribution < 1.29 is 4.43 Å². The zero-order valence-electron chi connectivity index (χ0n) is 9.68. The molecular formula is C9H24OSSi2. The Labute approximate surface area is 90.8 Å². The number of thiol groups is 1. The van der Waals surface area contributed by atoms with E-state index in [-0.39, 0.29) is 0 Å². The summed E-state index contributed by atoms with van der Waals surface area (Å²) < 4.78 is 5.55. The van der Waals surface area contributed by atoms with Crippen molar-refractivity contribution in [2.45, 2.75) is 44.3 Å². The molecule has 0 rings (SSSR count). The topological polar surface area (TPSA) is 9.23 Å². The Morgan fingerprint density at radius 1 is 1.00 bits per heavy atom. The SMILES string of the molecule is CO[Si](C)(C)CC[Si](C)(C)CCS. The standard InChI is InChI=1S/C9H24OSSi2/c1-10-13(4,5)9-8-12(2,3)7-6-11/h11H,6-9H2,1-5H3. The Morgan fingerprint density at radius 3 is 1.92 bits per heavy atom. The minimum absolute atomic E-state index is 0.951. The smallest absolute Gasteiger partial charge is 0.185 e. The highest BCUT2D eigenvalue weighted by Gasteiger charge is 2.26. The number of hydrogen-bond acceptors (Lipinski definition) is 2. The quantitative estimate of drug-likeness (QED) is 0.549. The van der Waals surface area contributed by atoms with E-state index in [9.17, 15) is 0 Å². The van der Waals surface area contributed by atoms with Crippen LogP contribution in [0, 0.1) is 0 Å².